The van der Waals surface area contributed by atoms with Crippen LogP contribution in [0.4, 0.5) is 9.52 Å². The number of benzene rings is 2. The van der Waals surface area contributed by atoms with E-state index in [2.05, 4.69) is 22.4 Å². The molecule has 3 nitrogen and oxygen atoms in total. The number of amides is 1. The van der Waals surface area contributed by atoms with Gasteiger partial charge < -0.3 is 5.32 Å². The molecule has 0 aliphatic heterocycles. The molecule has 1 amide bonds. The number of carbonyl (C=O) groups is 1. The molecule has 0 radical (unpaired) electrons. The fourth-order valence-electron chi connectivity index (χ4n) is 2.21. The van der Waals surface area contributed by atoms with Crippen molar-refractivity contribution in [2.75, 3.05) is 11.1 Å². The van der Waals surface area contributed by atoms with Gasteiger partial charge in [-0.1, -0.05) is 18.2 Å². The molecule has 0 saturated carbocycles. The average Bonchev–Trinajstić information content (AvgIpc) is 3.09. The fourth-order valence-corrected chi connectivity index (χ4v) is 3.82. The first-order valence-corrected chi connectivity index (χ1v) is 9.76. The first-order valence-electron chi connectivity index (χ1n) is 7.90. The number of thiazole rings is 1. The highest BCUT2D eigenvalue weighted by atomic mass is 32.2. The van der Waals surface area contributed by atoms with Crippen LogP contribution in [0.5, 0.6) is 0 Å². The average molecular weight is 372 g/mol. The molecular formula is C19H17FN2OS2. The second kappa shape index (κ2) is 8.78. The molecule has 2 aromatic carbocycles. The topological polar surface area (TPSA) is 42.0 Å². The Balaban J connectivity index is 1.44. The van der Waals surface area contributed by atoms with Crippen LogP contribution in [-0.4, -0.2) is 16.6 Å². The maximum atomic E-state index is 13.0. The van der Waals surface area contributed by atoms with Gasteiger partial charge in [-0.05, 0) is 48.6 Å². The maximum Gasteiger partial charge on any atom is 0.226 e. The summed E-state index contributed by atoms with van der Waals surface area (Å²) in [5.74, 6) is 0.588. The van der Waals surface area contributed by atoms with Gasteiger partial charge in [0, 0.05) is 22.3 Å². The first kappa shape index (κ1) is 17.6. The summed E-state index contributed by atoms with van der Waals surface area (Å²) in [7, 11) is 0. The molecule has 1 N–H and O–H groups in total. The minimum atomic E-state index is -0.277. The highest BCUT2D eigenvalue weighted by Crippen LogP contribution is 2.25. The van der Waals surface area contributed by atoms with Gasteiger partial charge in [0.1, 0.15) is 5.82 Å². The number of halogens is 1. The third-order valence-electron chi connectivity index (χ3n) is 3.45. The van der Waals surface area contributed by atoms with Crippen molar-refractivity contribution >= 4 is 34.1 Å². The van der Waals surface area contributed by atoms with E-state index in [1.165, 1.54) is 28.4 Å². The van der Waals surface area contributed by atoms with E-state index < -0.39 is 0 Å². The van der Waals surface area contributed by atoms with E-state index >= 15 is 0 Å². The van der Waals surface area contributed by atoms with E-state index in [4.69, 9.17) is 0 Å². The van der Waals surface area contributed by atoms with Gasteiger partial charge >= 0.3 is 0 Å². The molecule has 0 unspecified atom stereocenters. The smallest absolute Gasteiger partial charge is 0.226 e. The molecule has 1 aromatic heterocycles. The molecule has 0 bridgehead atoms. The summed E-state index contributed by atoms with van der Waals surface area (Å²) in [5.41, 5.74) is 1.57. The zero-order valence-corrected chi connectivity index (χ0v) is 15.1. The molecule has 3 rings (SSSR count). The first-order chi connectivity index (χ1) is 12.2. The van der Waals surface area contributed by atoms with Crippen LogP contribution < -0.4 is 5.32 Å². The predicted molar refractivity (Wildman–Crippen MR) is 103 cm³/mol. The van der Waals surface area contributed by atoms with E-state index in [1.807, 2.05) is 23.6 Å². The Morgan fingerprint density at radius 2 is 1.88 bits per heavy atom. The highest BCUT2D eigenvalue weighted by molar-refractivity contribution is 7.99. The van der Waals surface area contributed by atoms with Crippen LogP contribution in [0.1, 0.15) is 12.8 Å². The molecule has 3 aromatic rings. The summed E-state index contributed by atoms with van der Waals surface area (Å²) < 4.78 is 13.0. The summed E-state index contributed by atoms with van der Waals surface area (Å²) in [6.07, 6.45) is 1.27. The van der Waals surface area contributed by atoms with Crippen LogP contribution in [0, 0.1) is 5.82 Å². The maximum absolute atomic E-state index is 13.0. The van der Waals surface area contributed by atoms with E-state index in [1.54, 1.807) is 23.9 Å². The van der Waals surface area contributed by atoms with Gasteiger partial charge in [0.15, 0.2) is 5.13 Å². The number of rotatable bonds is 7. The lowest BCUT2D eigenvalue weighted by Gasteiger charge is -2.02. The molecule has 0 aliphatic rings. The Hall–Kier alpha value is -2.18. The van der Waals surface area contributed by atoms with Crippen molar-refractivity contribution in [1.82, 2.24) is 4.98 Å². The second-order valence-corrected chi connectivity index (χ2v) is 7.38. The molecule has 0 atom stereocenters. The third-order valence-corrected chi connectivity index (χ3v) is 5.31. The zero-order chi connectivity index (χ0) is 17.5. The van der Waals surface area contributed by atoms with Crippen LogP contribution in [0.3, 0.4) is 0 Å². The van der Waals surface area contributed by atoms with Crippen LogP contribution in [0.15, 0.2) is 64.9 Å². The minimum Gasteiger partial charge on any atom is -0.302 e. The van der Waals surface area contributed by atoms with Crippen molar-refractivity contribution in [2.24, 2.45) is 0 Å². The van der Waals surface area contributed by atoms with Gasteiger partial charge in [-0.25, -0.2) is 9.37 Å². The Morgan fingerprint density at radius 1 is 1.12 bits per heavy atom. The summed E-state index contributed by atoms with van der Waals surface area (Å²) in [6, 6.07) is 16.3. The van der Waals surface area contributed by atoms with Gasteiger partial charge in [-0.15, -0.1) is 23.1 Å². The predicted octanol–water partition coefficient (Wildman–Crippen LogP) is 5.46. The van der Waals surface area contributed by atoms with Gasteiger partial charge in [0.25, 0.3) is 0 Å². The van der Waals surface area contributed by atoms with Gasteiger partial charge in [-0.3, -0.25) is 4.79 Å². The van der Waals surface area contributed by atoms with Crippen molar-refractivity contribution < 1.29 is 9.18 Å². The zero-order valence-electron chi connectivity index (χ0n) is 13.4. The number of nitrogens with one attached hydrogen (secondary N) is 1. The van der Waals surface area contributed by atoms with E-state index in [0.717, 1.165) is 23.4 Å². The second-order valence-electron chi connectivity index (χ2n) is 5.36. The van der Waals surface area contributed by atoms with Crippen molar-refractivity contribution in [3.05, 3.63) is 65.8 Å². The van der Waals surface area contributed by atoms with Crippen molar-refractivity contribution in [1.29, 1.82) is 0 Å². The lowest BCUT2D eigenvalue weighted by atomic mass is 10.2. The van der Waals surface area contributed by atoms with Crippen LogP contribution >= 0.6 is 23.1 Å². The monoisotopic (exact) mass is 372 g/mol. The van der Waals surface area contributed by atoms with E-state index in [-0.39, 0.29) is 11.7 Å². The number of anilines is 1. The van der Waals surface area contributed by atoms with E-state index in [9.17, 15) is 9.18 Å². The molecular weight excluding hydrogens is 355 g/mol. The number of hydrogen-bond donors (Lipinski definition) is 1. The molecule has 0 aliphatic carbocycles. The van der Waals surface area contributed by atoms with Crippen molar-refractivity contribution in [3.63, 3.8) is 0 Å². The van der Waals surface area contributed by atoms with Gasteiger partial charge in [0.05, 0.1) is 5.69 Å². The van der Waals surface area contributed by atoms with Gasteiger partial charge in [0.2, 0.25) is 5.91 Å². The normalized spacial score (nSPS) is 10.6. The fraction of sp³-hybridized carbons (Fsp3) is 0.158. The Bertz CT molecular complexity index is 819. The SMILES string of the molecule is O=C(CCCSc1ccccc1)Nc1nc(-c2ccc(F)cc2)cs1. The summed E-state index contributed by atoms with van der Waals surface area (Å²) >= 11 is 3.12. The minimum absolute atomic E-state index is 0.0336. The van der Waals surface area contributed by atoms with Crippen molar-refractivity contribution in [3.8, 4) is 11.3 Å². The molecule has 6 heteroatoms. The van der Waals surface area contributed by atoms with Gasteiger partial charge in [-0.2, -0.15) is 0 Å². The molecule has 0 fully saturated rings. The van der Waals surface area contributed by atoms with Crippen molar-refractivity contribution in [2.45, 2.75) is 17.7 Å². The summed E-state index contributed by atoms with van der Waals surface area (Å²) in [6.45, 7) is 0. The van der Waals surface area contributed by atoms with Crippen LogP contribution in [0.2, 0.25) is 0 Å². The summed E-state index contributed by atoms with van der Waals surface area (Å²) in [4.78, 5) is 17.6. The number of carbonyl (C=O) groups excluding carboxylic acids is 1. The molecule has 25 heavy (non-hydrogen) atoms. The highest BCUT2D eigenvalue weighted by Gasteiger charge is 2.08. The Labute approximate surface area is 154 Å². The van der Waals surface area contributed by atoms with Crippen LogP contribution in [0.25, 0.3) is 11.3 Å². The largest absolute Gasteiger partial charge is 0.302 e. The number of nitrogens with zero attached hydrogens (tertiary/aromatic N) is 1. The third kappa shape index (κ3) is 5.41. The number of hydrogen-bond acceptors (Lipinski definition) is 4. The van der Waals surface area contributed by atoms with Crippen LogP contribution in [-0.2, 0) is 4.79 Å². The quantitative estimate of drug-likeness (QED) is 0.442. The standard InChI is InChI=1S/C19H17FN2OS2/c20-15-10-8-14(9-11-15)17-13-25-19(21-17)22-18(23)7-4-12-24-16-5-2-1-3-6-16/h1-3,5-6,8-11,13H,4,7,12H2,(H,21,22,23). The number of thioether (sulfide) groups is 1. The Kier molecular flexibility index (Phi) is 6.19. The molecule has 128 valence electrons. The lowest BCUT2D eigenvalue weighted by molar-refractivity contribution is -0.116. The Morgan fingerprint density at radius 3 is 2.64 bits per heavy atom. The lowest BCUT2D eigenvalue weighted by Crippen LogP contribution is -2.11. The molecule has 0 saturated heterocycles. The molecule has 0 spiro atoms. The number of aromatic nitrogens is 1. The van der Waals surface area contributed by atoms with E-state index in [0.29, 0.717) is 11.6 Å². The molecule has 1 heterocycles. The summed E-state index contributed by atoms with van der Waals surface area (Å²) in [5, 5.41) is 5.25.